The summed E-state index contributed by atoms with van der Waals surface area (Å²) in [5.41, 5.74) is 1.48. The Morgan fingerprint density at radius 3 is 2.25 bits per heavy atom. The molecule has 1 aromatic heterocycles. The van der Waals surface area contributed by atoms with Crippen LogP contribution in [0.25, 0.3) is 11.0 Å². The predicted octanol–water partition coefficient (Wildman–Crippen LogP) is 1.89. The molecule has 0 radical (unpaired) electrons. The van der Waals surface area contributed by atoms with E-state index in [0.29, 0.717) is 6.54 Å². The summed E-state index contributed by atoms with van der Waals surface area (Å²) in [6.07, 6.45) is 0.147. The minimum atomic E-state index is -3.81. The van der Waals surface area contributed by atoms with Crippen LogP contribution in [0.2, 0.25) is 0 Å². The van der Waals surface area contributed by atoms with E-state index in [9.17, 15) is 22.4 Å². The number of carbonyl (C=O) groups excluding carboxylic acids is 1. The Bertz CT molecular complexity index is 1310. The molecule has 8 nitrogen and oxygen atoms in total. The second-order valence-electron chi connectivity index (χ2n) is 7.66. The van der Waals surface area contributed by atoms with Gasteiger partial charge in [0.05, 0.1) is 15.9 Å². The molecule has 0 aliphatic carbocycles. The van der Waals surface area contributed by atoms with Gasteiger partial charge in [-0.15, -0.1) is 0 Å². The van der Waals surface area contributed by atoms with Gasteiger partial charge >= 0.3 is 5.69 Å². The normalized spacial score (nSPS) is 15.4. The van der Waals surface area contributed by atoms with Crippen LogP contribution in [-0.4, -0.2) is 58.8 Å². The number of fused-ring (bicyclic) bond motifs is 1. The molecule has 1 saturated heterocycles. The first-order valence-corrected chi connectivity index (χ1v) is 12.0. The van der Waals surface area contributed by atoms with Gasteiger partial charge in [-0.25, -0.2) is 17.6 Å². The van der Waals surface area contributed by atoms with Crippen molar-refractivity contribution in [3.05, 3.63) is 64.8 Å². The minimum absolute atomic E-state index is 0.0936. The maximum Gasteiger partial charge on any atom is 0.329 e. The highest BCUT2D eigenvalue weighted by Gasteiger charge is 2.30. The number of benzene rings is 2. The predicted molar refractivity (Wildman–Crippen MR) is 118 cm³/mol. The van der Waals surface area contributed by atoms with Gasteiger partial charge in [-0.05, 0) is 37.3 Å². The van der Waals surface area contributed by atoms with Gasteiger partial charge in [0, 0.05) is 45.7 Å². The van der Waals surface area contributed by atoms with Crippen LogP contribution in [0.5, 0.6) is 0 Å². The van der Waals surface area contributed by atoms with Gasteiger partial charge in [0.1, 0.15) is 5.82 Å². The summed E-state index contributed by atoms with van der Waals surface area (Å²) in [5.74, 6) is -0.743. The number of imidazole rings is 1. The smallest absolute Gasteiger partial charge is 0.329 e. The van der Waals surface area contributed by atoms with E-state index in [1.54, 1.807) is 14.0 Å². The Kier molecular flexibility index (Phi) is 6.16. The first-order chi connectivity index (χ1) is 15.3. The highest BCUT2D eigenvalue weighted by molar-refractivity contribution is 7.89. The van der Waals surface area contributed by atoms with Crippen molar-refractivity contribution in [2.45, 2.75) is 31.3 Å². The SMILES string of the molecule is CCn1c(=O)n(CCC(=O)N2CCN(S(=O)(=O)c3cccc(F)c3)CC2)c2ccccc21. The minimum Gasteiger partial charge on any atom is -0.340 e. The van der Waals surface area contributed by atoms with E-state index in [0.717, 1.165) is 17.1 Å². The van der Waals surface area contributed by atoms with Crippen molar-refractivity contribution in [1.82, 2.24) is 18.3 Å². The quantitative estimate of drug-likeness (QED) is 0.562. The molecule has 0 saturated carbocycles. The fourth-order valence-corrected chi connectivity index (χ4v) is 5.57. The lowest BCUT2D eigenvalue weighted by atomic mass is 10.3. The number of hydrogen-bond donors (Lipinski definition) is 0. The zero-order valence-corrected chi connectivity index (χ0v) is 18.6. The third-order valence-corrected chi connectivity index (χ3v) is 7.71. The summed E-state index contributed by atoms with van der Waals surface area (Å²) in [4.78, 5) is 27.0. The van der Waals surface area contributed by atoms with E-state index in [1.165, 1.54) is 22.5 Å². The Hall–Kier alpha value is -2.98. The van der Waals surface area contributed by atoms with E-state index < -0.39 is 15.8 Å². The third kappa shape index (κ3) is 4.07. The fourth-order valence-electron chi connectivity index (χ4n) is 4.11. The number of sulfonamides is 1. The van der Waals surface area contributed by atoms with Gasteiger partial charge in [0.25, 0.3) is 0 Å². The maximum atomic E-state index is 13.4. The molecule has 0 atom stereocenters. The van der Waals surface area contributed by atoms with E-state index in [1.807, 2.05) is 31.2 Å². The highest BCUT2D eigenvalue weighted by Crippen LogP contribution is 2.19. The summed E-state index contributed by atoms with van der Waals surface area (Å²) in [5, 5.41) is 0. The molecule has 0 unspecified atom stereocenters. The molecule has 10 heteroatoms. The Balaban J connectivity index is 1.40. The number of para-hydroxylation sites is 2. The van der Waals surface area contributed by atoms with Crippen LogP contribution < -0.4 is 5.69 Å². The highest BCUT2D eigenvalue weighted by atomic mass is 32.2. The molecule has 4 rings (SSSR count). The number of piperazine rings is 1. The average molecular weight is 461 g/mol. The Morgan fingerprint density at radius 1 is 0.969 bits per heavy atom. The molecule has 1 aliphatic heterocycles. The second-order valence-corrected chi connectivity index (χ2v) is 9.60. The van der Waals surface area contributed by atoms with Crippen molar-refractivity contribution >= 4 is 27.0 Å². The maximum absolute atomic E-state index is 13.4. The van der Waals surface area contributed by atoms with Crippen molar-refractivity contribution in [2.75, 3.05) is 26.2 Å². The average Bonchev–Trinajstić information content (AvgIpc) is 3.08. The number of hydrogen-bond acceptors (Lipinski definition) is 4. The van der Waals surface area contributed by atoms with Crippen molar-refractivity contribution in [3.63, 3.8) is 0 Å². The number of aryl methyl sites for hydroxylation is 2. The lowest BCUT2D eigenvalue weighted by Gasteiger charge is -2.34. The largest absolute Gasteiger partial charge is 0.340 e. The first-order valence-electron chi connectivity index (χ1n) is 10.5. The van der Waals surface area contributed by atoms with E-state index in [2.05, 4.69) is 0 Å². The van der Waals surface area contributed by atoms with Gasteiger partial charge in [0.15, 0.2) is 0 Å². The van der Waals surface area contributed by atoms with Crippen LogP contribution in [0.4, 0.5) is 4.39 Å². The van der Waals surface area contributed by atoms with Gasteiger partial charge in [0.2, 0.25) is 15.9 Å². The second kappa shape index (κ2) is 8.87. The summed E-state index contributed by atoms with van der Waals surface area (Å²) in [6.45, 7) is 3.48. The monoisotopic (exact) mass is 460 g/mol. The Labute approximate surface area is 185 Å². The van der Waals surface area contributed by atoms with Crippen LogP contribution in [0.1, 0.15) is 13.3 Å². The molecule has 3 aromatic rings. The molecule has 1 aliphatic rings. The van der Waals surface area contributed by atoms with Gasteiger partial charge in [-0.1, -0.05) is 18.2 Å². The molecular formula is C22H25FN4O4S. The van der Waals surface area contributed by atoms with E-state index in [4.69, 9.17) is 0 Å². The van der Waals surface area contributed by atoms with Crippen LogP contribution in [0.3, 0.4) is 0 Å². The van der Waals surface area contributed by atoms with Gasteiger partial charge < -0.3 is 4.90 Å². The number of aromatic nitrogens is 2. The van der Waals surface area contributed by atoms with Gasteiger partial charge in [-0.2, -0.15) is 4.31 Å². The first kappa shape index (κ1) is 22.2. The van der Waals surface area contributed by atoms with Crippen molar-refractivity contribution in [2.24, 2.45) is 0 Å². The molecule has 2 heterocycles. The number of amides is 1. The molecule has 1 amide bonds. The number of nitrogens with zero attached hydrogens (tertiary/aromatic N) is 4. The molecule has 170 valence electrons. The topological polar surface area (TPSA) is 84.6 Å². The fraction of sp³-hybridized carbons (Fsp3) is 0.364. The van der Waals surface area contributed by atoms with Crippen LogP contribution in [0.15, 0.2) is 58.2 Å². The van der Waals surface area contributed by atoms with Crippen molar-refractivity contribution in [1.29, 1.82) is 0 Å². The summed E-state index contributed by atoms with van der Waals surface area (Å²) >= 11 is 0. The number of halogens is 1. The third-order valence-electron chi connectivity index (χ3n) is 5.82. The molecule has 0 spiro atoms. The van der Waals surface area contributed by atoms with E-state index >= 15 is 0 Å². The number of carbonyl (C=O) groups is 1. The standard InChI is InChI=1S/C22H25FN4O4S/c1-2-26-19-8-3-4-9-20(19)27(22(26)29)11-10-21(28)24-12-14-25(15-13-24)32(30,31)18-7-5-6-17(23)16-18/h3-9,16H,2,10-15H2,1H3. The molecule has 2 aromatic carbocycles. The summed E-state index contributed by atoms with van der Waals surface area (Å²) in [6, 6.07) is 12.4. The lowest BCUT2D eigenvalue weighted by molar-refractivity contribution is -0.132. The van der Waals surface area contributed by atoms with E-state index in [-0.39, 0.29) is 55.6 Å². The lowest BCUT2D eigenvalue weighted by Crippen LogP contribution is -2.50. The molecule has 32 heavy (non-hydrogen) atoms. The molecule has 0 bridgehead atoms. The number of rotatable bonds is 6. The van der Waals surface area contributed by atoms with Crippen LogP contribution in [-0.2, 0) is 27.9 Å². The molecule has 0 N–H and O–H groups in total. The van der Waals surface area contributed by atoms with Crippen LogP contribution >= 0.6 is 0 Å². The zero-order valence-electron chi connectivity index (χ0n) is 17.8. The summed E-state index contributed by atoms with van der Waals surface area (Å²) < 4.78 is 43.5. The zero-order chi connectivity index (χ0) is 22.9. The van der Waals surface area contributed by atoms with Gasteiger partial charge in [-0.3, -0.25) is 13.9 Å². The molecular weight excluding hydrogens is 435 g/mol. The van der Waals surface area contributed by atoms with Crippen molar-refractivity contribution in [3.8, 4) is 0 Å². The van der Waals surface area contributed by atoms with Crippen LogP contribution in [0, 0.1) is 5.82 Å². The van der Waals surface area contributed by atoms with Crippen molar-refractivity contribution < 1.29 is 17.6 Å². The summed E-state index contributed by atoms with van der Waals surface area (Å²) in [7, 11) is -3.81. The Morgan fingerprint density at radius 2 is 1.62 bits per heavy atom. The molecule has 1 fully saturated rings.